The fourth-order valence-electron chi connectivity index (χ4n) is 6.97. The molecule has 0 bridgehead atoms. The predicted octanol–water partition coefficient (Wildman–Crippen LogP) is 6.92. The maximum atomic E-state index is 12.9. The fourth-order valence-corrected chi connectivity index (χ4v) is 6.97. The molecule has 0 aliphatic carbocycles. The number of nitrogens with zero attached hydrogens (tertiary/aromatic N) is 2. The minimum atomic E-state index is -0.511. The van der Waals surface area contributed by atoms with Gasteiger partial charge in [-0.05, 0) is 71.9 Å². The summed E-state index contributed by atoms with van der Waals surface area (Å²) in [5, 5.41) is 9.56. The molecule has 46 heavy (non-hydrogen) atoms. The lowest BCUT2D eigenvalue weighted by molar-refractivity contribution is -0.276. The lowest BCUT2D eigenvalue weighted by atomic mass is 9.89. The molecule has 0 radical (unpaired) electrons. The second-order valence-electron chi connectivity index (χ2n) is 12.7. The van der Waals surface area contributed by atoms with E-state index in [0.717, 1.165) is 53.0 Å². The van der Waals surface area contributed by atoms with E-state index < -0.39 is 6.29 Å². The first kappa shape index (κ1) is 30.5. The van der Waals surface area contributed by atoms with E-state index in [0.29, 0.717) is 11.1 Å². The Hall–Kier alpha value is -4.14. The van der Waals surface area contributed by atoms with Crippen molar-refractivity contribution in [3.63, 3.8) is 0 Å². The number of likely N-dealkylation sites (tertiary alicyclic amines) is 1. The zero-order chi connectivity index (χ0) is 31.6. The summed E-state index contributed by atoms with van der Waals surface area (Å²) >= 11 is 0. The van der Waals surface area contributed by atoms with E-state index in [1.54, 1.807) is 24.3 Å². The summed E-state index contributed by atoms with van der Waals surface area (Å²) < 4.78 is 13.4. The van der Waals surface area contributed by atoms with Crippen molar-refractivity contribution in [2.24, 2.45) is 5.92 Å². The van der Waals surface area contributed by atoms with Crippen molar-refractivity contribution in [1.29, 1.82) is 0 Å². The molecule has 0 saturated carbocycles. The summed E-state index contributed by atoms with van der Waals surface area (Å²) in [4.78, 5) is 29.7. The van der Waals surface area contributed by atoms with Crippen molar-refractivity contribution in [2.45, 2.75) is 57.8 Å². The Morgan fingerprint density at radius 2 is 1.39 bits per heavy atom. The van der Waals surface area contributed by atoms with E-state index in [4.69, 9.17) is 9.47 Å². The largest absolute Gasteiger partial charge is 0.392 e. The molecule has 3 aliphatic heterocycles. The van der Waals surface area contributed by atoms with Crippen molar-refractivity contribution < 1.29 is 24.2 Å². The summed E-state index contributed by atoms with van der Waals surface area (Å²) in [7, 11) is 0. The Balaban J connectivity index is 1.10. The maximum absolute atomic E-state index is 12.9. The van der Waals surface area contributed by atoms with Crippen LogP contribution in [0.2, 0.25) is 0 Å². The van der Waals surface area contributed by atoms with Crippen LogP contribution in [0.4, 0.5) is 0 Å². The first-order valence-corrected chi connectivity index (χ1v) is 16.4. The van der Waals surface area contributed by atoms with Gasteiger partial charge in [-0.2, -0.15) is 0 Å². The van der Waals surface area contributed by atoms with Crippen LogP contribution in [0.1, 0.15) is 81.5 Å². The Morgan fingerprint density at radius 1 is 0.717 bits per heavy atom. The Morgan fingerprint density at radius 3 is 2.07 bits per heavy atom. The number of imide groups is 1. The lowest BCUT2D eigenvalue weighted by Crippen LogP contribution is -2.45. The molecule has 2 fully saturated rings. The molecule has 2 saturated heterocycles. The maximum Gasteiger partial charge on any atom is 0.261 e. The predicted molar refractivity (Wildman–Crippen MR) is 176 cm³/mol. The quantitative estimate of drug-likeness (QED) is 0.217. The number of benzene rings is 4. The normalized spacial score (nSPS) is 23.5. The summed E-state index contributed by atoms with van der Waals surface area (Å²) in [6.45, 7) is 5.54. The van der Waals surface area contributed by atoms with E-state index in [-0.39, 0.29) is 43.1 Å². The number of aliphatic hydroxyl groups excluding tert-OH is 1. The minimum absolute atomic E-state index is 0.0119. The third-order valence-electron chi connectivity index (χ3n) is 9.67. The van der Waals surface area contributed by atoms with Gasteiger partial charge >= 0.3 is 0 Å². The standard InChI is InChI=1S/C39H40N2O5/c1-26-35(24-40-20-5-2-6-21-40)45-39(46-36(26)30-14-12-27(25-42)13-15-30)31-18-16-29(17-19-31)32-9-7-8-28(22-32)23-41-37(43)33-10-3-4-11-34(33)38(41)44/h3-4,7-19,22,26,35-36,39,42H,2,5-6,20-21,23-25H2,1H3/t26-,35+,36+,39+/m1/s1. The number of hydrogen-bond donors (Lipinski definition) is 1. The van der Waals surface area contributed by atoms with Crippen LogP contribution in [0.25, 0.3) is 11.1 Å². The van der Waals surface area contributed by atoms with Crippen molar-refractivity contribution in [2.75, 3.05) is 19.6 Å². The molecule has 4 aromatic carbocycles. The average Bonchev–Trinajstić information content (AvgIpc) is 3.34. The van der Waals surface area contributed by atoms with Gasteiger partial charge in [0.2, 0.25) is 0 Å². The van der Waals surface area contributed by atoms with Gasteiger partial charge in [-0.1, -0.05) is 92.2 Å². The van der Waals surface area contributed by atoms with E-state index in [2.05, 4.69) is 48.2 Å². The summed E-state index contributed by atoms with van der Waals surface area (Å²) in [5.41, 5.74) is 6.77. The van der Waals surface area contributed by atoms with Crippen LogP contribution >= 0.6 is 0 Å². The van der Waals surface area contributed by atoms with Crippen molar-refractivity contribution in [1.82, 2.24) is 9.80 Å². The van der Waals surface area contributed by atoms with E-state index in [9.17, 15) is 14.7 Å². The van der Waals surface area contributed by atoms with Crippen LogP contribution in [0.3, 0.4) is 0 Å². The summed E-state index contributed by atoms with van der Waals surface area (Å²) in [5.74, 6) is -0.348. The van der Waals surface area contributed by atoms with Gasteiger partial charge in [0.15, 0.2) is 6.29 Å². The highest BCUT2D eigenvalue weighted by atomic mass is 16.7. The van der Waals surface area contributed by atoms with Crippen molar-refractivity contribution >= 4 is 11.8 Å². The molecule has 4 atom stereocenters. The lowest BCUT2D eigenvalue weighted by Gasteiger charge is -2.43. The Labute approximate surface area is 270 Å². The molecule has 4 aromatic rings. The Bertz CT molecular complexity index is 1660. The molecule has 0 unspecified atom stereocenters. The summed E-state index contributed by atoms with van der Waals surface area (Å²) in [6.07, 6.45) is 3.11. The number of ether oxygens (including phenoxy) is 2. The number of rotatable bonds is 8. The second-order valence-corrected chi connectivity index (χ2v) is 12.7. The van der Waals surface area contributed by atoms with Gasteiger partial charge in [-0.3, -0.25) is 14.5 Å². The molecule has 1 N–H and O–H groups in total. The molecule has 7 heteroatoms. The molecule has 3 aliphatic rings. The first-order chi connectivity index (χ1) is 22.5. The highest BCUT2D eigenvalue weighted by Crippen LogP contribution is 2.42. The van der Waals surface area contributed by atoms with Gasteiger partial charge in [0.05, 0.1) is 36.5 Å². The SMILES string of the molecule is C[C@@H]1[C@H](CN2CCCCC2)O[C@H](c2ccc(-c3cccc(CN4C(=O)c5ccccc5C4=O)c3)cc2)O[C@@H]1c1ccc(CO)cc1. The fraction of sp³-hybridized carbons (Fsp3) is 0.333. The number of amides is 2. The zero-order valence-electron chi connectivity index (χ0n) is 26.2. The van der Waals surface area contributed by atoms with Crippen LogP contribution in [-0.2, 0) is 22.6 Å². The smallest absolute Gasteiger partial charge is 0.261 e. The van der Waals surface area contributed by atoms with Crippen LogP contribution in [0.15, 0.2) is 97.1 Å². The molecule has 3 heterocycles. The van der Waals surface area contributed by atoms with Crippen LogP contribution < -0.4 is 0 Å². The molecule has 7 nitrogen and oxygen atoms in total. The van der Waals surface area contributed by atoms with Crippen molar-refractivity contribution in [3.8, 4) is 11.1 Å². The van der Waals surface area contributed by atoms with Crippen LogP contribution in [-0.4, -0.2) is 52.5 Å². The third kappa shape index (κ3) is 6.16. The van der Waals surface area contributed by atoms with Gasteiger partial charge in [0.1, 0.15) is 0 Å². The van der Waals surface area contributed by atoms with Crippen LogP contribution in [0, 0.1) is 5.92 Å². The van der Waals surface area contributed by atoms with Gasteiger partial charge < -0.3 is 19.5 Å². The molecular formula is C39H40N2O5. The van der Waals surface area contributed by atoms with Crippen LogP contribution in [0.5, 0.6) is 0 Å². The van der Waals surface area contributed by atoms with E-state index in [1.807, 2.05) is 36.4 Å². The number of fused-ring (bicyclic) bond motifs is 1. The Kier molecular flexibility index (Phi) is 8.82. The topological polar surface area (TPSA) is 79.3 Å². The number of piperidine rings is 1. The van der Waals surface area contributed by atoms with Gasteiger partial charge in [0, 0.05) is 18.0 Å². The minimum Gasteiger partial charge on any atom is -0.392 e. The highest BCUT2D eigenvalue weighted by Gasteiger charge is 2.39. The molecule has 2 amide bonds. The van der Waals surface area contributed by atoms with Crippen molar-refractivity contribution in [3.05, 3.63) is 130 Å². The monoisotopic (exact) mass is 616 g/mol. The summed E-state index contributed by atoms with van der Waals surface area (Å²) in [6, 6.07) is 31.3. The molecule has 236 valence electrons. The molecule has 0 aromatic heterocycles. The number of carbonyl (C=O) groups is 2. The molecule has 7 rings (SSSR count). The van der Waals surface area contributed by atoms with Gasteiger partial charge in [-0.15, -0.1) is 0 Å². The molecule has 0 spiro atoms. The third-order valence-corrected chi connectivity index (χ3v) is 9.67. The first-order valence-electron chi connectivity index (χ1n) is 16.4. The number of carbonyl (C=O) groups excluding carboxylic acids is 2. The van der Waals surface area contributed by atoms with Gasteiger partial charge in [-0.25, -0.2) is 0 Å². The van der Waals surface area contributed by atoms with E-state index in [1.165, 1.54) is 24.2 Å². The zero-order valence-corrected chi connectivity index (χ0v) is 26.2. The second kappa shape index (κ2) is 13.3. The average molecular weight is 617 g/mol. The van der Waals surface area contributed by atoms with Gasteiger partial charge in [0.25, 0.3) is 11.8 Å². The number of hydrogen-bond acceptors (Lipinski definition) is 6. The molecular weight excluding hydrogens is 576 g/mol. The highest BCUT2D eigenvalue weighted by molar-refractivity contribution is 6.21. The number of aliphatic hydroxyl groups is 1. The van der Waals surface area contributed by atoms with E-state index >= 15 is 0 Å².